The van der Waals surface area contributed by atoms with Crippen molar-refractivity contribution in [2.45, 2.75) is 43.6 Å². The number of hydrogen-bond donors (Lipinski definition) is 2. The van der Waals surface area contributed by atoms with E-state index in [0.717, 1.165) is 31.7 Å². The molecule has 34 heavy (non-hydrogen) atoms. The van der Waals surface area contributed by atoms with Crippen LogP contribution < -0.4 is 15.6 Å². The number of rotatable bonds is 5. The number of halogens is 1. The molecule has 5 rings (SSSR count). The van der Waals surface area contributed by atoms with E-state index in [1.807, 2.05) is 23.6 Å². The number of amides is 1. The number of carbonyl (C=O) groups excluding carboxylic acids is 1. The Hall–Kier alpha value is -3.08. The summed E-state index contributed by atoms with van der Waals surface area (Å²) in [7, 11) is 1.82. The van der Waals surface area contributed by atoms with Crippen molar-refractivity contribution in [3.63, 3.8) is 0 Å². The maximum Gasteiger partial charge on any atom is 0.341 e. The standard InChI is InChI=1S/C23H26FN5O4S/c1-27-7-8-34-23(27)29-12-16(22(32)33)18(30)15-9-17(24)20(26-19(15)29)28-10-13(11-28)21(31)25-14-5-3-2-4-6-14/h7-9,12-14,23H,2-6,10-11H2,1H3,(H,25,31)(H,32,33). The van der Waals surface area contributed by atoms with E-state index >= 15 is 4.39 Å². The second-order valence-electron chi connectivity index (χ2n) is 9.11. The number of aromatic nitrogens is 2. The summed E-state index contributed by atoms with van der Waals surface area (Å²) >= 11 is 1.42. The SMILES string of the molecule is CN1C=CSC1n1cc(C(=O)O)c(=O)c2cc(F)c(N3CC(C(=O)NC4CCCCC4)C3)nc21. The molecule has 1 amide bonds. The summed E-state index contributed by atoms with van der Waals surface area (Å²) in [5.41, 5.74) is -1.37. The predicted molar refractivity (Wildman–Crippen MR) is 127 cm³/mol. The molecule has 11 heteroatoms. The molecule has 1 unspecified atom stereocenters. The van der Waals surface area contributed by atoms with Crippen LogP contribution in [-0.4, -0.2) is 57.6 Å². The minimum absolute atomic E-state index is 0.0117. The molecule has 0 bridgehead atoms. The summed E-state index contributed by atoms with van der Waals surface area (Å²) in [6.45, 7) is 0.677. The first-order valence-electron chi connectivity index (χ1n) is 11.4. The van der Waals surface area contributed by atoms with Crippen molar-refractivity contribution < 1.29 is 19.1 Å². The van der Waals surface area contributed by atoms with Gasteiger partial charge in [0, 0.05) is 38.6 Å². The van der Waals surface area contributed by atoms with Gasteiger partial charge in [-0.1, -0.05) is 31.0 Å². The summed E-state index contributed by atoms with van der Waals surface area (Å²) < 4.78 is 16.6. The smallest absolute Gasteiger partial charge is 0.341 e. The number of carboxylic acids is 1. The van der Waals surface area contributed by atoms with Crippen molar-refractivity contribution in [2.75, 3.05) is 25.0 Å². The molecule has 1 saturated heterocycles. The van der Waals surface area contributed by atoms with Crippen molar-refractivity contribution in [3.8, 4) is 0 Å². The molecule has 2 N–H and O–H groups in total. The molecular formula is C23H26FN5O4S. The normalized spacial score (nSPS) is 21.2. The molecule has 0 spiro atoms. The van der Waals surface area contributed by atoms with Crippen LogP contribution in [0, 0.1) is 11.7 Å². The van der Waals surface area contributed by atoms with Crippen molar-refractivity contribution in [1.82, 2.24) is 19.8 Å². The average molecular weight is 488 g/mol. The number of nitrogens with zero attached hydrogens (tertiary/aromatic N) is 4. The Balaban J connectivity index is 1.43. The third kappa shape index (κ3) is 4.02. The summed E-state index contributed by atoms with van der Waals surface area (Å²) in [5.74, 6) is -2.28. The lowest BCUT2D eigenvalue weighted by Crippen LogP contribution is -2.55. The minimum Gasteiger partial charge on any atom is -0.477 e. The maximum absolute atomic E-state index is 15.1. The summed E-state index contributed by atoms with van der Waals surface area (Å²) in [5, 5.41) is 14.4. The molecule has 2 aliphatic heterocycles. The molecule has 3 aliphatic rings. The zero-order valence-electron chi connectivity index (χ0n) is 18.7. The number of fused-ring (bicyclic) bond motifs is 1. The number of carboxylic acid groups (broad SMARTS) is 1. The first kappa shape index (κ1) is 22.7. The van der Waals surface area contributed by atoms with Crippen LogP contribution in [0.5, 0.6) is 0 Å². The molecule has 2 fully saturated rings. The Morgan fingerprint density at radius 1 is 1.24 bits per heavy atom. The van der Waals surface area contributed by atoms with E-state index in [1.54, 1.807) is 9.47 Å². The van der Waals surface area contributed by atoms with Gasteiger partial charge in [-0.25, -0.2) is 14.2 Å². The number of thioether (sulfide) groups is 1. The van der Waals surface area contributed by atoms with Crippen LogP contribution in [0.3, 0.4) is 0 Å². The van der Waals surface area contributed by atoms with Crippen LogP contribution in [0.1, 0.15) is 48.0 Å². The number of nitrogens with one attached hydrogen (secondary N) is 1. The average Bonchev–Trinajstić information content (AvgIpc) is 3.20. The molecule has 2 aromatic heterocycles. The largest absolute Gasteiger partial charge is 0.477 e. The van der Waals surface area contributed by atoms with E-state index in [-0.39, 0.29) is 40.2 Å². The highest BCUT2D eigenvalue weighted by molar-refractivity contribution is 8.02. The third-order valence-corrected chi connectivity index (χ3v) is 7.84. The number of aromatic carboxylic acids is 1. The fourth-order valence-electron chi connectivity index (χ4n) is 4.80. The van der Waals surface area contributed by atoms with Crippen molar-refractivity contribution in [2.24, 2.45) is 5.92 Å². The van der Waals surface area contributed by atoms with Crippen molar-refractivity contribution >= 4 is 40.5 Å². The van der Waals surface area contributed by atoms with E-state index in [0.29, 0.717) is 13.1 Å². The molecule has 4 heterocycles. The topological polar surface area (TPSA) is 108 Å². The van der Waals surface area contributed by atoms with Gasteiger partial charge < -0.3 is 24.8 Å². The molecular weight excluding hydrogens is 461 g/mol. The summed E-state index contributed by atoms with van der Waals surface area (Å²) in [4.78, 5) is 45.0. The van der Waals surface area contributed by atoms with E-state index in [1.165, 1.54) is 24.4 Å². The highest BCUT2D eigenvalue weighted by Gasteiger charge is 2.36. The van der Waals surface area contributed by atoms with Gasteiger partial charge in [-0.3, -0.25) is 9.59 Å². The fourth-order valence-corrected chi connectivity index (χ4v) is 5.75. The van der Waals surface area contributed by atoms with Crippen LogP contribution in [0.25, 0.3) is 11.0 Å². The molecule has 0 aromatic carbocycles. The van der Waals surface area contributed by atoms with Crippen LogP contribution >= 0.6 is 11.8 Å². The van der Waals surface area contributed by atoms with Gasteiger partial charge in [0.05, 0.1) is 11.3 Å². The van der Waals surface area contributed by atoms with Crippen LogP contribution in [0.2, 0.25) is 0 Å². The van der Waals surface area contributed by atoms with Gasteiger partial charge in [0.1, 0.15) is 11.2 Å². The Labute approximate surface area is 199 Å². The van der Waals surface area contributed by atoms with Gasteiger partial charge in [0.15, 0.2) is 17.1 Å². The first-order valence-corrected chi connectivity index (χ1v) is 12.4. The zero-order valence-corrected chi connectivity index (χ0v) is 19.6. The third-order valence-electron chi connectivity index (χ3n) is 6.76. The molecule has 1 aliphatic carbocycles. The van der Waals surface area contributed by atoms with Gasteiger partial charge in [0.2, 0.25) is 11.3 Å². The highest BCUT2D eigenvalue weighted by atomic mass is 32.2. The quantitative estimate of drug-likeness (QED) is 0.663. The summed E-state index contributed by atoms with van der Waals surface area (Å²) in [6.07, 6.45) is 8.56. The fraction of sp³-hybridized carbons (Fsp3) is 0.478. The van der Waals surface area contributed by atoms with Crippen molar-refractivity contribution in [1.29, 1.82) is 0 Å². The monoisotopic (exact) mass is 487 g/mol. The first-order chi connectivity index (χ1) is 16.3. The zero-order chi connectivity index (χ0) is 24.0. The lowest BCUT2D eigenvalue weighted by Gasteiger charge is -2.40. The predicted octanol–water partition coefficient (Wildman–Crippen LogP) is 2.72. The van der Waals surface area contributed by atoms with Crippen LogP contribution in [0.15, 0.2) is 28.7 Å². The van der Waals surface area contributed by atoms with Gasteiger partial charge in [0.25, 0.3) is 0 Å². The lowest BCUT2D eigenvalue weighted by atomic mass is 9.93. The Morgan fingerprint density at radius 3 is 2.62 bits per heavy atom. The molecule has 1 saturated carbocycles. The molecule has 1 atom stereocenters. The Bertz CT molecular complexity index is 1240. The Kier molecular flexibility index (Phi) is 5.97. The van der Waals surface area contributed by atoms with Gasteiger partial charge in [-0.15, -0.1) is 0 Å². The number of pyridine rings is 2. The van der Waals surface area contributed by atoms with Crippen LogP contribution in [0.4, 0.5) is 10.2 Å². The van der Waals surface area contributed by atoms with E-state index in [2.05, 4.69) is 10.3 Å². The summed E-state index contributed by atoms with van der Waals surface area (Å²) in [6, 6.07) is 1.28. The van der Waals surface area contributed by atoms with Gasteiger partial charge >= 0.3 is 5.97 Å². The highest BCUT2D eigenvalue weighted by Crippen LogP contribution is 2.36. The second-order valence-corrected chi connectivity index (χ2v) is 10.1. The number of hydrogen-bond acceptors (Lipinski definition) is 7. The molecule has 180 valence electrons. The van der Waals surface area contributed by atoms with E-state index in [9.17, 15) is 19.5 Å². The van der Waals surface area contributed by atoms with Gasteiger partial charge in [-0.05, 0) is 24.3 Å². The van der Waals surface area contributed by atoms with E-state index in [4.69, 9.17) is 0 Å². The number of carbonyl (C=O) groups is 2. The Morgan fingerprint density at radius 2 is 1.97 bits per heavy atom. The lowest BCUT2D eigenvalue weighted by molar-refractivity contribution is -0.126. The molecule has 9 nitrogen and oxygen atoms in total. The van der Waals surface area contributed by atoms with Gasteiger partial charge in [-0.2, -0.15) is 0 Å². The molecule has 2 aromatic rings. The van der Waals surface area contributed by atoms with Crippen LogP contribution in [-0.2, 0) is 4.79 Å². The van der Waals surface area contributed by atoms with E-state index < -0.39 is 22.8 Å². The van der Waals surface area contributed by atoms with Crippen molar-refractivity contribution in [3.05, 3.63) is 45.5 Å². The second kappa shape index (κ2) is 8.94. The minimum atomic E-state index is -1.38. The maximum atomic E-state index is 15.1. The number of anilines is 1. The molecule has 0 radical (unpaired) electrons.